The lowest BCUT2D eigenvalue weighted by molar-refractivity contribution is -0.142. The van der Waals surface area contributed by atoms with Crippen molar-refractivity contribution in [2.45, 2.75) is 51.9 Å². The highest BCUT2D eigenvalue weighted by Gasteiger charge is 2.36. The third-order valence-electron chi connectivity index (χ3n) is 4.53. The van der Waals surface area contributed by atoms with Crippen LogP contribution in [0.4, 0.5) is 13.2 Å². The maximum absolute atomic E-state index is 13.1. The molecule has 0 atom stereocenters. The fourth-order valence-electron chi connectivity index (χ4n) is 3.27. The first-order valence-electron chi connectivity index (χ1n) is 9.34. The number of aliphatic imine (C=N–C) groups is 1. The van der Waals surface area contributed by atoms with Gasteiger partial charge in [-0.3, -0.25) is 4.68 Å². The molecule has 0 amide bonds. The second kappa shape index (κ2) is 8.50. The molecule has 0 aromatic carbocycles. The quantitative estimate of drug-likeness (QED) is 0.602. The number of guanidine groups is 1. The van der Waals surface area contributed by atoms with Crippen molar-refractivity contribution in [3.63, 3.8) is 0 Å². The highest BCUT2D eigenvalue weighted by Crippen LogP contribution is 2.31. The van der Waals surface area contributed by atoms with Crippen molar-refractivity contribution in [2.24, 2.45) is 12.0 Å². The first-order valence-corrected chi connectivity index (χ1v) is 10.2. The number of nitrogens with zero attached hydrogens (tertiary/aromatic N) is 5. The van der Waals surface area contributed by atoms with Crippen molar-refractivity contribution < 1.29 is 13.2 Å². The van der Waals surface area contributed by atoms with E-state index in [-0.39, 0.29) is 12.1 Å². The molecule has 0 saturated carbocycles. The first-order chi connectivity index (χ1) is 13.3. The van der Waals surface area contributed by atoms with Crippen LogP contribution in [-0.4, -0.2) is 39.2 Å². The summed E-state index contributed by atoms with van der Waals surface area (Å²) in [6.45, 7) is 3.03. The number of alkyl halides is 3. The highest BCUT2D eigenvalue weighted by molar-refractivity contribution is 7.11. The van der Waals surface area contributed by atoms with Crippen molar-refractivity contribution in [2.75, 3.05) is 13.6 Å². The Bertz CT molecular complexity index is 815. The van der Waals surface area contributed by atoms with Crippen LogP contribution in [0.25, 0.3) is 0 Å². The number of rotatable bonds is 5. The van der Waals surface area contributed by atoms with Crippen LogP contribution in [0.2, 0.25) is 0 Å². The van der Waals surface area contributed by atoms with Gasteiger partial charge >= 0.3 is 6.18 Å². The zero-order valence-electron chi connectivity index (χ0n) is 16.3. The Kier molecular flexibility index (Phi) is 6.26. The summed E-state index contributed by atoms with van der Waals surface area (Å²) in [6.07, 6.45) is 1.39. The molecular formula is C18H25F3N6S. The summed E-state index contributed by atoms with van der Waals surface area (Å²) < 4.78 is 40.6. The predicted octanol–water partition coefficient (Wildman–Crippen LogP) is 3.37. The van der Waals surface area contributed by atoms with Gasteiger partial charge in [-0.15, -0.1) is 11.3 Å². The molecule has 10 heteroatoms. The Morgan fingerprint density at radius 1 is 1.36 bits per heavy atom. The normalized spacial score (nSPS) is 14.9. The van der Waals surface area contributed by atoms with Gasteiger partial charge in [-0.1, -0.05) is 0 Å². The molecule has 0 radical (unpaired) electrons. The zero-order chi connectivity index (χ0) is 20.3. The number of halogens is 3. The SMILES string of the molecule is CCNC(=NCc1cn(C)nc1C(F)(F)F)N(C)Cc1nc2c(s1)CCCC2. The van der Waals surface area contributed by atoms with E-state index in [9.17, 15) is 13.2 Å². The second-order valence-corrected chi connectivity index (χ2v) is 8.05. The van der Waals surface area contributed by atoms with Gasteiger partial charge in [0.05, 0.1) is 18.8 Å². The minimum atomic E-state index is -4.49. The summed E-state index contributed by atoms with van der Waals surface area (Å²) in [5.41, 5.74) is 0.375. The zero-order valence-corrected chi connectivity index (χ0v) is 17.1. The third kappa shape index (κ3) is 4.84. The van der Waals surface area contributed by atoms with Crippen LogP contribution in [0.3, 0.4) is 0 Å². The van der Waals surface area contributed by atoms with E-state index in [1.165, 1.54) is 41.3 Å². The van der Waals surface area contributed by atoms with Gasteiger partial charge in [-0.05, 0) is 32.6 Å². The fourth-order valence-corrected chi connectivity index (χ4v) is 4.48. The third-order valence-corrected chi connectivity index (χ3v) is 5.67. The van der Waals surface area contributed by atoms with Crippen molar-refractivity contribution in [3.8, 4) is 0 Å². The van der Waals surface area contributed by atoms with Gasteiger partial charge in [-0.25, -0.2) is 9.98 Å². The number of thiazole rings is 1. The van der Waals surface area contributed by atoms with Crippen molar-refractivity contribution in [1.82, 2.24) is 25.0 Å². The van der Waals surface area contributed by atoms with Crippen LogP contribution in [0.1, 0.15) is 46.6 Å². The summed E-state index contributed by atoms with van der Waals surface area (Å²) >= 11 is 1.73. The number of aryl methyl sites for hydroxylation is 3. The van der Waals surface area contributed by atoms with Crippen LogP contribution in [0.5, 0.6) is 0 Å². The van der Waals surface area contributed by atoms with Gasteiger partial charge in [0.25, 0.3) is 0 Å². The molecule has 0 bridgehead atoms. The van der Waals surface area contributed by atoms with E-state index in [0.29, 0.717) is 19.0 Å². The first kappa shape index (κ1) is 20.6. The summed E-state index contributed by atoms with van der Waals surface area (Å²) in [5, 5.41) is 7.69. The summed E-state index contributed by atoms with van der Waals surface area (Å²) in [6, 6.07) is 0. The van der Waals surface area contributed by atoms with Crippen LogP contribution >= 0.6 is 11.3 Å². The lowest BCUT2D eigenvalue weighted by Gasteiger charge is -2.21. The van der Waals surface area contributed by atoms with Gasteiger partial charge in [0.1, 0.15) is 5.01 Å². The van der Waals surface area contributed by atoms with Gasteiger partial charge in [0.15, 0.2) is 11.7 Å². The molecule has 0 spiro atoms. The topological polar surface area (TPSA) is 58.3 Å². The van der Waals surface area contributed by atoms with Gasteiger partial charge in [0, 0.05) is 37.3 Å². The van der Waals surface area contributed by atoms with E-state index >= 15 is 0 Å². The second-order valence-electron chi connectivity index (χ2n) is 6.89. The van der Waals surface area contributed by atoms with Crippen molar-refractivity contribution in [3.05, 3.63) is 33.0 Å². The molecule has 2 aromatic rings. The largest absolute Gasteiger partial charge is 0.435 e. The Morgan fingerprint density at radius 3 is 2.79 bits per heavy atom. The van der Waals surface area contributed by atoms with Gasteiger partial charge in [0.2, 0.25) is 0 Å². The molecule has 6 nitrogen and oxygen atoms in total. The van der Waals surface area contributed by atoms with Crippen LogP contribution in [0, 0.1) is 0 Å². The van der Waals surface area contributed by atoms with Crippen LogP contribution in [0.15, 0.2) is 11.2 Å². The monoisotopic (exact) mass is 414 g/mol. The summed E-state index contributed by atoms with van der Waals surface area (Å²) in [5.74, 6) is 0.549. The van der Waals surface area contributed by atoms with E-state index < -0.39 is 11.9 Å². The summed E-state index contributed by atoms with van der Waals surface area (Å²) in [4.78, 5) is 12.4. The van der Waals surface area contributed by atoms with Crippen LogP contribution in [-0.2, 0) is 39.2 Å². The molecule has 1 aliphatic carbocycles. The predicted molar refractivity (Wildman–Crippen MR) is 103 cm³/mol. The van der Waals surface area contributed by atoms with Crippen LogP contribution < -0.4 is 5.32 Å². The molecule has 0 aliphatic heterocycles. The molecule has 0 unspecified atom stereocenters. The van der Waals surface area contributed by atoms with Crippen molar-refractivity contribution in [1.29, 1.82) is 0 Å². The van der Waals surface area contributed by atoms with E-state index in [0.717, 1.165) is 17.8 Å². The number of hydrogen-bond donors (Lipinski definition) is 1. The van der Waals surface area contributed by atoms with E-state index in [1.807, 2.05) is 18.9 Å². The number of hydrogen-bond acceptors (Lipinski definition) is 4. The molecule has 28 heavy (non-hydrogen) atoms. The smallest absolute Gasteiger partial charge is 0.357 e. The fraction of sp³-hybridized carbons (Fsp3) is 0.611. The standard InChI is InChI=1S/C18H25F3N6S/c1-4-22-17(23-9-12-10-27(3)25-16(12)18(19,20)21)26(2)11-15-24-13-7-5-6-8-14(13)28-15/h10H,4-9,11H2,1-3H3,(H,22,23). The highest BCUT2D eigenvalue weighted by atomic mass is 32.1. The van der Waals surface area contributed by atoms with Gasteiger partial charge in [-0.2, -0.15) is 18.3 Å². The maximum atomic E-state index is 13.1. The molecule has 3 rings (SSSR count). The molecule has 1 aliphatic rings. The van der Waals surface area contributed by atoms with Crippen molar-refractivity contribution >= 4 is 17.3 Å². The average Bonchev–Trinajstić information content (AvgIpc) is 3.20. The average molecular weight is 415 g/mol. The molecule has 2 aromatic heterocycles. The minimum absolute atomic E-state index is 0.0588. The molecular weight excluding hydrogens is 389 g/mol. The maximum Gasteiger partial charge on any atom is 0.435 e. The van der Waals surface area contributed by atoms with E-state index in [2.05, 4.69) is 15.4 Å². The van der Waals surface area contributed by atoms with Gasteiger partial charge < -0.3 is 10.2 Å². The Balaban J connectivity index is 1.74. The minimum Gasteiger partial charge on any atom is -0.357 e. The number of nitrogens with one attached hydrogen (secondary N) is 1. The summed E-state index contributed by atoms with van der Waals surface area (Å²) in [7, 11) is 3.35. The number of fused-ring (bicyclic) bond motifs is 1. The Labute approximate surface area is 166 Å². The lowest BCUT2D eigenvalue weighted by Crippen LogP contribution is -2.38. The molecule has 0 fully saturated rings. The molecule has 2 heterocycles. The lowest BCUT2D eigenvalue weighted by atomic mass is 10.0. The Morgan fingerprint density at radius 2 is 2.11 bits per heavy atom. The molecule has 0 saturated heterocycles. The van der Waals surface area contributed by atoms with E-state index in [1.54, 1.807) is 11.3 Å². The molecule has 1 N–H and O–H groups in total. The Hall–Kier alpha value is -2.10. The molecule has 154 valence electrons. The number of aromatic nitrogens is 3. The van der Waals surface area contributed by atoms with E-state index in [4.69, 9.17) is 4.98 Å².